The van der Waals surface area contributed by atoms with Gasteiger partial charge in [-0.2, -0.15) is 0 Å². The molecule has 0 saturated carbocycles. The highest BCUT2D eigenvalue weighted by Gasteiger charge is 2.32. The fourth-order valence-corrected chi connectivity index (χ4v) is 2.43. The minimum Gasteiger partial charge on any atom is -0.588 e. The van der Waals surface area contributed by atoms with E-state index in [0.29, 0.717) is 25.7 Å². The fourth-order valence-electron chi connectivity index (χ4n) is 1.86. The van der Waals surface area contributed by atoms with Gasteiger partial charge in [0.15, 0.2) is 0 Å². The van der Waals surface area contributed by atoms with Crippen molar-refractivity contribution in [3.63, 3.8) is 0 Å². The predicted octanol–water partition coefficient (Wildman–Crippen LogP) is -1.84. The number of hydrogen-bond acceptors (Lipinski definition) is 6. The van der Waals surface area contributed by atoms with Crippen molar-refractivity contribution in [2.75, 3.05) is 0 Å². The smallest absolute Gasteiger partial charge is 0.588 e. The molecule has 2 aliphatic rings. The Morgan fingerprint density at radius 2 is 1.37 bits per heavy atom. The summed E-state index contributed by atoms with van der Waals surface area (Å²) in [5.74, 6) is -1.57. The molecule has 2 aliphatic heterocycles. The molecule has 2 saturated heterocycles. The molecule has 0 aromatic carbocycles. The minimum absolute atomic E-state index is 0.192. The van der Waals surface area contributed by atoms with Crippen LogP contribution < -0.4 is 10.6 Å². The number of hydrogen-bond donors (Lipinski definition) is 2. The van der Waals surface area contributed by atoms with Crippen molar-refractivity contribution < 1.29 is 26.8 Å². The number of carbonyl (C=O) groups excluding carboxylic acids is 4. The lowest BCUT2D eigenvalue weighted by molar-refractivity contribution is -0.142. The van der Waals surface area contributed by atoms with Gasteiger partial charge in [0.25, 0.3) is 11.9 Å². The molecule has 2 N–H and O–H groups in total. The molecule has 0 aromatic rings. The lowest BCUT2D eigenvalue weighted by Crippen LogP contribution is -2.38. The summed E-state index contributed by atoms with van der Waals surface area (Å²) in [6.45, 7) is 0. The first-order chi connectivity index (χ1) is 9.06. The maximum absolute atomic E-state index is 11.5. The maximum Gasteiger partial charge on any atom is 0.885 e. The molecule has 2 fully saturated rings. The third kappa shape index (κ3) is 3.69. The zero-order chi connectivity index (χ0) is 13.8. The van der Waals surface area contributed by atoms with Crippen LogP contribution in [0.2, 0.25) is 0 Å². The number of carbonyl (C=O) groups is 4. The first-order valence-corrected chi connectivity index (χ1v) is 6.82. The van der Waals surface area contributed by atoms with Gasteiger partial charge in [0, 0.05) is 12.8 Å². The van der Waals surface area contributed by atoms with Gasteiger partial charge < -0.3 is 18.2 Å². The SMILES string of the molecule is O=C1CC[C@@H](C(=O)[O][Al][O]C(=O)[C@@H]2CCC(=O)N2)N1. The molecule has 19 heavy (non-hydrogen) atoms. The Balaban J connectivity index is 1.66. The topological polar surface area (TPSA) is 111 Å². The van der Waals surface area contributed by atoms with E-state index in [0.717, 1.165) is 0 Å². The van der Waals surface area contributed by atoms with Crippen molar-refractivity contribution >= 4 is 39.6 Å². The first kappa shape index (κ1) is 13.8. The monoisotopic (exact) mass is 283 g/mol. The Morgan fingerprint density at radius 1 is 0.947 bits per heavy atom. The van der Waals surface area contributed by atoms with Crippen LogP contribution in [-0.2, 0) is 26.8 Å². The van der Waals surface area contributed by atoms with Gasteiger partial charge in [-0.25, -0.2) is 0 Å². The zero-order valence-corrected chi connectivity index (χ0v) is 11.2. The van der Waals surface area contributed by atoms with Crippen molar-refractivity contribution in [3.8, 4) is 0 Å². The highest BCUT2D eigenvalue weighted by atomic mass is 27.2. The van der Waals surface area contributed by atoms with Crippen molar-refractivity contribution in [1.29, 1.82) is 0 Å². The van der Waals surface area contributed by atoms with Gasteiger partial charge in [-0.15, -0.1) is 0 Å². The van der Waals surface area contributed by atoms with Crippen LogP contribution in [0.4, 0.5) is 0 Å². The quantitative estimate of drug-likeness (QED) is 0.587. The Bertz CT molecular complexity index is 388. The second-order valence-electron chi connectivity index (χ2n) is 4.29. The number of rotatable bonds is 4. The van der Waals surface area contributed by atoms with Crippen LogP contribution in [0.25, 0.3) is 0 Å². The van der Waals surface area contributed by atoms with E-state index in [4.69, 9.17) is 7.58 Å². The molecule has 2 heterocycles. The van der Waals surface area contributed by atoms with Crippen molar-refractivity contribution in [2.45, 2.75) is 37.8 Å². The van der Waals surface area contributed by atoms with Crippen molar-refractivity contribution in [2.24, 2.45) is 0 Å². The van der Waals surface area contributed by atoms with Crippen LogP contribution in [-0.4, -0.2) is 51.7 Å². The molecular weight excluding hydrogens is 271 g/mol. The maximum atomic E-state index is 11.5. The molecule has 0 aromatic heterocycles. The molecule has 2 atom stereocenters. The van der Waals surface area contributed by atoms with Gasteiger partial charge in [0.05, 0.1) is 0 Å². The highest BCUT2D eigenvalue weighted by Crippen LogP contribution is 2.09. The van der Waals surface area contributed by atoms with Crippen LogP contribution in [0.15, 0.2) is 0 Å². The standard InChI is InChI=1S/2C5H7NO3.Al/c2*7-4-2-1-3(6-4)5(8)9;/h2*3H,1-2H2,(H,6,7)(H,8,9);/q;;+2/p-2/t2*3-;/m00./s1. The van der Waals surface area contributed by atoms with Gasteiger partial charge in [-0.1, -0.05) is 0 Å². The average molecular weight is 283 g/mol. The lowest BCUT2D eigenvalue weighted by atomic mass is 10.2. The van der Waals surface area contributed by atoms with E-state index in [2.05, 4.69) is 10.6 Å². The molecule has 0 spiro atoms. The van der Waals surface area contributed by atoms with E-state index in [9.17, 15) is 19.2 Å². The van der Waals surface area contributed by atoms with Crippen LogP contribution >= 0.6 is 0 Å². The molecule has 8 nitrogen and oxygen atoms in total. The van der Waals surface area contributed by atoms with Crippen molar-refractivity contribution in [1.82, 2.24) is 10.6 Å². The third-order valence-electron chi connectivity index (χ3n) is 2.89. The number of nitrogens with one attached hydrogen (secondary N) is 2. The first-order valence-electron chi connectivity index (χ1n) is 5.87. The summed E-state index contributed by atoms with van der Waals surface area (Å²) in [7, 11) is 0. The third-order valence-corrected chi connectivity index (χ3v) is 3.55. The van der Waals surface area contributed by atoms with Gasteiger partial charge in [-0.3, -0.25) is 19.2 Å². The van der Waals surface area contributed by atoms with E-state index in [-0.39, 0.29) is 11.8 Å². The molecule has 1 radical (unpaired) electrons. The van der Waals surface area contributed by atoms with E-state index >= 15 is 0 Å². The molecule has 2 amide bonds. The summed E-state index contributed by atoms with van der Waals surface area (Å²) in [5.41, 5.74) is 0. The molecule has 101 valence electrons. The zero-order valence-electron chi connectivity index (χ0n) is 10.0. The normalized spacial score (nSPS) is 25.5. The highest BCUT2D eigenvalue weighted by molar-refractivity contribution is 6.26. The Labute approximate surface area is 115 Å². The number of amides is 2. The molecule has 0 unspecified atom stereocenters. The van der Waals surface area contributed by atoms with E-state index in [1.807, 2.05) is 0 Å². The van der Waals surface area contributed by atoms with Crippen LogP contribution in [0, 0.1) is 0 Å². The molecule has 0 bridgehead atoms. The summed E-state index contributed by atoms with van der Waals surface area (Å²) in [6.07, 6.45) is 1.37. The van der Waals surface area contributed by atoms with Gasteiger partial charge in [0.2, 0.25) is 11.8 Å². The summed E-state index contributed by atoms with van der Waals surface area (Å²) in [4.78, 5) is 44.8. The lowest BCUT2D eigenvalue weighted by Gasteiger charge is -2.12. The van der Waals surface area contributed by atoms with Gasteiger partial charge >= 0.3 is 15.9 Å². The van der Waals surface area contributed by atoms with Crippen molar-refractivity contribution in [3.05, 3.63) is 0 Å². The predicted molar refractivity (Wildman–Crippen MR) is 60.3 cm³/mol. The molecule has 9 heteroatoms. The average Bonchev–Trinajstić information content (AvgIpc) is 2.98. The second-order valence-corrected chi connectivity index (χ2v) is 4.95. The van der Waals surface area contributed by atoms with Crippen LogP contribution in [0.1, 0.15) is 25.7 Å². The fraction of sp³-hybridized carbons (Fsp3) is 0.600. The molecule has 2 rings (SSSR count). The minimum atomic E-state index is -1.28. The summed E-state index contributed by atoms with van der Waals surface area (Å²) in [5, 5.41) is 4.91. The summed E-state index contributed by atoms with van der Waals surface area (Å²) in [6, 6.07) is -1.30. The van der Waals surface area contributed by atoms with E-state index < -0.39 is 39.9 Å². The van der Waals surface area contributed by atoms with Gasteiger partial charge in [-0.05, 0) is 12.8 Å². The van der Waals surface area contributed by atoms with E-state index in [1.54, 1.807) is 0 Å². The van der Waals surface area contributed by atoms with Crippen LogP contribution in [0.3, 0.4) is 0 Å². The summed E-state index contributed by atoms with van der Waals surface area (Å²) < 4.78 is 9.61. The molecule has 0 aliphatic carbocycles. The Kier molecular flexibility index (Phi) is 4.40. The largest absolute Gasteiger partial charge is 0.885 e. The molecular formula is C10H12AlN2O6. The Hall–Kier alpha value is -1.59. The Morgan fingerprint density at radius 3 is 1.68 bits per heavy atom. The van der Waals surface area contributed by atoms with Gasteiger partial charge in [0.1, 0.15) is 12.1 Å². The van der Waals surface area contributed by atoms with E-state index in [1.165, 1.54) is 0 Å². The van der Waals surface area contributed by atoms with Crippen LogP contribution in [0.5, 0.6) is 0 Å². The second kappa shape index (κ2) is 6.04. The summed E-state index contributed by atoms with van der Waals surface area (Å²) >= 11 is -1.28.